The molecule has 0 fully saturated rings. The Labute approximate surface area is 158 Å². The molecule has 0 saturated heterocycles. The summed E-state index contributed by atoms with van der Waals surface area (Å²) >= 11 is 1.46. The van der Waals surface area contributed by atoms with Gasteiger partial charge in [0.25, 0.3) is 5.91 Å². The van der Waals surface area contributed by atoms with Gasteiger partial charge in [-0.3, -0.25) is 4.79 Å². The highest BCUT2D eigenvalue weighted by atomic mass is 35.5. The topological polar surface area (TPSA) is 94.0 Å². The maximum Gasteiger partial charge on any atom is 0.254 e. The summed E-state index contributed by atoms with van der Waals surface area (Å²) in [6.07, 6.45) is 2.42. The molecule has 1 atom stereocenters. The number of carbonyl (C=O) groups excluding carboxylic acids is 1. The molecule has 1 unspecified atom stereocenters. The molecule has 9 heteroatoms. The van der Waals surface area contributed by atoms with Crippen molar-refractivity contribution in [2.75, 3.05) is 6.54 Å². The molecule has 0 bridgehead atoms. The minimum Gasteiger partial charge on any atom is -0.361 e. The number of carbonyl (C=O) groups is 1. The molecule has 0 radical (unpaired) electrons. The monoisotopic (exact) mass is 392 g/mol. The molecule has 2 heterocycles. The molecule has 24 heavy (non-hydrogen) atoms. The van der Waals surface area contributed by atoms with E-state index in [1.54, 1.807) is 18.3 Å². The number of aromatic nitrogens is 2. The van der Waals surface area contributed by atoms with Gasteiger partial charge in [-0.05, 0) is 32.4 Å². The number of nitrogens with one attached hydrogen (secondary N) is 1. The number of pyridine rings is 1. The third kappa shape index (κ3) is 7.09. The van der Waals surface area contributed by atoms with Crippen molar-refractivity contribution < 1.29 is 9.32 Å². The van der Waals surface area contributed by atoms with E-state index in [-0.39, 0.29) is 36.8 Å². The number of rotatable bonds is 7. The molecule has 134 valence electrons. The first-order chi connectivity index (χ1) is 10.6. The lowest BCUT2D eigenvalue weighted by Gasteiger charge is -2.09. The van der Waals surface area contributed by atoms with E-state index in [2.05, 4.69) is 15.5 Å². The van der Waals surface area contributed by atoms with E-state index in [0.717, 1.165) is 17.9 Å². The van der Waals surface area contributed by atoms with Gasteiger partial charge in [0.1, 0.15) is 10.8 Å². The fraction of sp³-hybridized carbons (Fsp3) is 0.400. The second-order valence-electron chi connectivity index (χ2n) is 5.10. The van der Waals surface area contributed by atoms with Crippen molar-refractivity contribution in [3.8, 4) is 0 Å². The molecular formula is C15H22Cl2N4O2S. The Morgan fingerprint density at radius 1 is 1.46 bits per heavy atom. The molecule has 0 aromatic carbocycles. The zero-order valence-electron chi connectivity index (χ0n) is 13.5. The molecular weight excluding hydrogens is 371 g/mol. The van der Waals surface area contributed by atoms with Gasteiger partial charge in [0.15, 0.2) is 0 Å². The van der Waals surface area contributed by atoms with E-state index < -0.39 is 0 Å². The number of hydrogen-bond donors (Lipinski definition) is 2. The number of hydrogen-bond acceptors (Lipinski definition) is 6. The van der Waals surface area contributed by atoms with Gasteiger partial charge in [-0.25, -0.2) is 4.98 Å². The molecule has 3 N–H and O–H groups in total. The highest BCUT2D eigenvalue weighted by molar-refractivity contribution is 7.98. The van der Waals surface area contributed by atoms with Crippen molar-refractivity contribution in [2.45, 2.75) is 37.1 Å². The molecule has 0 aliphatic carbocycles. The quantitative estimate of drug-likeness (QED) is 0.703. The predicted molar refractivity (Wildman–Crippen MR) is 100 cm³/mol. The number of thioether (sulfide) groups is 1. The molecule has 0 aliphatic heterocycles. The van der Waals surface area contributed by atoms with Crippen LogP contribution in [0.5, 0.6) is 0 Å². The zero-order valence-corrected chi connectivity index (χ0v) is 16.0. The first kappa shape index (κ1) is 22.7. The van der Waals surface area contributed by atoms with Crippen LogP contribution in [0.4, 0.5) is 0 Å². The minimum absolute atomic E-state index is 0. The van der Waals surface area contributed by atoms with Crippen molar-refractivity contribution >= 4 is 42.5 Å². The lowest BCUT2D eigenvalue weighted by molar-refractivity contribution is 0.0949. The third-order valence-electron chi connectivity index (χ3n) is 2.93. The highest BCUT2D eigenvalue weighted by Crippen LogP contribution is 2.24. The van der Waals surface area contributed by atoms with E-state index in [4.69, 9.17) is 10.3 Å². The Kier molecular flexibility index (Phi) is 10.7. The Morgan fingerprint density at radius 2 is 2.21 bits per heavy atom. The normalized spacial score (nSPS) is 11.1. The molecule has 2 aromatic heterocycles. The Balaban J connectivity index is 0.00000264. The van der Waals surface area contributed by atoms with Gasteiger partial charge in [0.05, 0.1) is 11.3 Å². The van der Waals surface area contributed by atoms with Crippen LogP contribution in [0.25, 0.3) is 0 Å². The van der Waals surface area contributed by atoms with Gasteiger partial charge in [0.2, 0.25) is 0 Å². The van der Waals surface area contributed by atoms with E-state index in [0.29, 0.717) is 22.9 Å². The highest BCUT2D eigenvalue weighted by Gasteiger charge is 2.13. The van der Waals surface area contributed by atoms with Gasteiger partial charge < -0.3 is 15.6 Å². The maximum absolute atomic E-state index is 12.2. The van der Waals surface area contributed by atoms with Gasteiger partial charge in [0, 0.05) is 30.6 Å². The van der Waals surface area contributed by atoms with Gasteiger partial charge >= 0.3 is 0 Å². The average molecular weight is 393 g/mol. The van der Waals surface area contributed by atoms with Crippen molar-refractivity contribution in [2.24, 2.45) is 5.73 Å². The van der Waals surface area contributed by atoms with Crippen LogP contribution in [0, 0.1) is 6.92 Å². The van der Waals surface area contributed by atoms with Crippen LogP contribution in [0.3, 0.4) is 0 Å². The largest absolute Gasteiger partial charge is 0.361 e. The van der Waals surface area contributed by atoms with Crippen LogP contribution in [0.2, 0.25) is 0 Å². The number of aryl methyl sites for hydroxylation is 1. The summed E-state index contributed by atoms with van der Waals surface area (Å²) in [5.41, 5.74) is 7.07. The smallest absolute Gasteiger partial charge is 0.254 e. The predicted octanol–water partition coefficient (Wildman–Crippen LogP) is 2.98. The van der Waals surface area contributed by atoms with Crippen LogP contribution in [-0.2, 0) is 5.75 Å². The van der Waals surface area contributed by atoms with Crippen LogP contribution in [-0.4, -0.2) is 28.6 Å². The van der Waals surface area contributed by atoms with Gasteiger partial charge in [-0.1, -0.05) is 16.9 Å². The summed E-state index contributed by atoms with van der Waals surface area (Å²) in [5.74, 6) is 1.24. The van der Waals surface area contributed by atoms with E-state index in [9.17, 15) is 4.79 Å². The van der Waals surface area contributed by atoms with Crippen LogP contribution < -0.4 is 11.1 Å². The molecule has 0 aliphatic rings. The average Bonchev–Trinajstić information content (AvgIpc) is 2.90. The fourth-order valence-corrected chi connectivity index (χ4v) is 2.69. The number of amides is 1. The summed E-state index contributed by atoms with van der Waals surface area (Å²) in [6, 6.07) is 5.46. The standard InChI is InChI=1S/C15H20N4O2S.2ClH/c1-10(16)5-7-17-14(20)13-4-3-6-18-15(13)22-9-12-8-11(2)21-19-12;;/h3-4,6,8,10H,5,7,9,16H2,1-2H3,(H,17,20);2*1H. The van der Waals surface area contributed by atoms with Crippen molar-refractivity contribution in [3.05, 3.63) is 41.4 Å². The molecule has 2 aromatic rings. The molecule has 0 spiro atoms. The first-order valence-corrected chi connectivity index (χ1v) is 8.08. The molecule has 1 amide bonds. The number of nitrogens with zero attached hydrogens (tertiary/aromatic N) is 2. The fourth-order valence-electron chi connectivity index (χ4n) is 1.82. The third-order valence-corrected chi connectivity index (χ3v) is 3.97. The lowest BCUT2D eigenvalue weighted by atomic mass is 10.2. The van der Waals surface area contributed by atoms with Crippen molar-refractivity contribution in [3.63, 3.8) is 0 Å². The zero-order chi connectivity index (χ0) is 15.9. The Hall–Kier alpha value is -1.28. The second-order valence-corrected chi connectivity index (χ2v) is 6.06. The van der Waals surface area contributed by atoms with E-state index >= 15 is 0 Å². The summed E-state index contributed by atoms with van der Waals surface area (Å²) in [7, 11) is 0. The minimum atomic E-state index is -0.132. The second kappa shape index (κ2) is 11.3. The first-order valence-electron chi connectivity index (χ1n) is 7.10. The van der Waals surface area contributed by atoms with Crippen LogP contribution in [0.15, 0.2) is 33.9 Å². The van der Waals surface area contributed by atoms with E-state index in [1.807, 2.05) is 19.9 Å². The van der Waals surface area contributed by atoms with Crippen LogP contribution in [0.1, 0.15) is 35.2 Å². The summed E-state index contributed by atoms with van der Waals surface area (Å²) < 4.78 is 5.03. The SMILES string of the molecule is Cc1cc(CSc2ncccc2C(=O)NCCC(C)N)no1.Cl.Cl. The van der Waals surface area contributed by atoms with Gasteiger partial charge in [-0.15, -0.1) is 24.8 Å². The summed E-state index contributed by atoms with van der Waals surface area (Å²) in [6.45, 7) is 4.31. The number of nitrogens with two attached hydrogens (primary N) is 1. The van der Waals surface area contributed by atoms with E-state index in [1.165, 1.54) is 11.8 Å². The summed E-state index contributed by atoms with van der Waals surface area (Å²) in [5, 5.41) is 7.48. The summed E-state index contributed by atoms with van der Waals surface area (Å²) in [4.78, 5) is 16.5. The Bertz CT molecular complexity index is 637. The van der Waals surface area contributed by atoms with Crippen molar-refractivity contribution in [1.29, 1.82) is 0 Å². The Morgan fingerprint density at radius 3 is 2.83 bits per heavy atom. The maximum atomic E-state index is 12.2. The number of halogens is 2. The van der Waals surface area contributed by atoms with Crippen molar-refractivity contribution in [1.82, 2.24) is 15.5 Å². The molecule has 6 nitrogen and oxygen atoms in total. The van der Waals surface area contributed by atoms with Crippen LogP contribution >= 0.6 is 36.6 Å². The lowest BCUT2D eigenvalue weighted by Crippen LogP contribution is -2.29. The molecule has 0 saturated carbocycles. The van der Waals surface area contributed by atoms with Gasteiger partial charge in [-0.2, -0.15) is 0 Å². The molecule has 2 rings (SSSR count).